The standard InChI is InChI=1S/C24H28FN5O3.CH3NO/c1-15-12-18(25)20(26-11-8-24(2,3)33-5)14-17(15)19-7-10-28-22(29-19)16-6-9-27-21(13-16)30-23(31)32-4;2-1-3/h6-7,9-10,12-14,26H,8,11H2,1-5H3,(H,27,30,31);1H,(H2,2,3). The molecule has 3 aromatic rings. The fourth-order valence-electron chi connectivity index (χ4n) is 3.13. The van der Waals surface area contributed by atoms with E-state index in [1.54, 1.807) is 43.8 Å². The minimum atomic E-state index is -0.620. The lowest BCUT2D eigenvalue weighted by Gasteiger charge is -2.23. The number of benzene rings is 1. The van der Waals surface area contributed by atoms with E-state index < -0.39 is 6.09 Å². The molecule has 0 aliphatic carbocycles. The number of primary amides is 1. The molecular formula is C25H31FN6O4. The number of nitrogens with one attached hydrogen (secondary N) is 2. The van der Waals surface area contributed by atoms with Gasteiger partial charge in [-0.3, -0.25) is 10.1 Å². The minimum absolute atomic E-state index is 0.250. The second-order valence-corrected chi connectivity index (χ2v) is 8.24. The molecule has 2 aromatic heterocycles. The first kappa shape index (κ1) is 28.1. The summed E-state index contributed by atoms with van der Waals surface area (Å²) in [7, 11) is 2.94. The van der Waals surface area contributed by atoms with E-state index >= 15 is 0 Å². The monoisotopic (exact) mass is 498 g/mol. The van der Waals surface area contributed by atoms with Crippen LogP contribution in [0.5, 0.6) is 0 Å². The van der Waals surface area contributed by atoms with E-state index in [1.807, 2.05) is 20.8 Å². The van der Waals surface area contributed by atoms with Gasteiger partial charge >= 0.3 is 6.09 Å². The molecule has 0 spiro atoms. The van der Waals surface area contributed by atoms with Crippen molar-refractivity contribution in [3.05, 3.63) is 54.1 Å². The van der Waals surface area contributed by atoms with Gasteiger partial charge in [0, 0.05) is 37.2 Å². The van der Waals surface area contributed by atoms with Crippen LogP contribution in [0.25, 0.3) is 22.6 Å². The lowest BCUT2D eigenvalue weighted by atomic mass is 10.0. The summed E-state index contributed by atoms with van der Waals surface area (Å²) in [6.45, 7) is 6.36. The van der Waals surface area contributed by atoms with Crippen molar-refractivity contribution >= 4 is 24.0 Å². The Labute approximate surface area is 209 Å². The fourth-order valence-corrected chi connectivity index (χ4v) is 3.13. The van der Waals surface area contributed by atoms with Gasteiger partial charge in [-0.2, -0.15) is 0 Å². The fraction of sp³-hybridized carbons (Fsp3) is 0.320. The normalized spacial score (nSPS) is 10.6. The molecule has 1 aromatic carbocycles. The third-order valence-electron chi connectivity index (χ3n) is 5.27. The number of nitrogens with zero attached hydrogens (tertiary/aromatic N) is 3. The number of hydrogen-bond acceptors (Lipinski definition) is 8. The van der Waals surface area contributed by atoms with Gasteiger partial charge < -0.3 is 20.5 Å². The highest BCUT2D eigenvalue weighted by Crippen LogP contribution is 2.29. The van der Waals surface area contributed by atoms with Crippen molar-refractivity contribution in [3.8, 4) is 22.6 Å². The van der Waals surface area contributed by atoms with Gasteiger partial charge in [-0.1, -0.05) is 0 Å². The van der Waals surface area contributed by atoms with Crippen molar-refractivity contribution in [2.75, 3.05) is 31.4 Å². The molecule has 0 atom stereocenters. The van der Waals surface area contributed by atoms with E-state index in [9.17, 15) is 9.18 Å². The van der Waals surface area contributed by atoms with E-state index in [2.05, 4.69) is 36.1 Å². The van der Waals surface area contributed by atoms with Crippen LogP contribution >= 0.6 is 0 Å². The quantitative estimate of drug-likeness (QED) is 0.393. The van der Waals surface area contributed by atoms with Crippen molar-refractivity contribution < 1.29 is 23.5 Å². The smallest absolute Gasteiger partial charge is 0.412 e. The summed E-state index contributed by atoms with van der Waals surface area (Å²) in [6, 6.07) is 8.41. The molecule has 0 aliphatic heterocycles. The van der Waals surface area contributed by atoms with Gasteiger partial charge in [-0.15, -0.1) is 0 Å². The predicted molar refractivity (Wildman–Crippen MR) is 136 cm³/mol. The molecule has 0 bridgehead atoms. The van der Waals surface area contributed by atoms with E-state index in [0.29, 0.717) is 41.6 Å². The second kappa shape index (κ2) is 13.1. The van der Waals surface area contributed by atoms with Gasteiger partial charge in [0.05, 0.1) is 24.1 Å². The maximum Gasteiger partial charge on any atom is 0.412 e. The van der Waals surface area contributed by atoms with Crippen LogP contribution in [0, 0.1) is 12.7 Å². The van der Waals surface area contributed by atoms with Crippen LogP contribution in [-0.4, -0.2) is 53.8 Å². The van der Waals surface area contributed by atoms with Crippen molar-refractivity contribution in [2.24, 2.45) is 5.73 Å². The molecule has 2 amide bonds. The molecule has 192 valence electrons. The summed E-state index contributed by atoms with van der Waals surface area (Å²) in [4.78, 5) is 33.2. The number of aromatic nitrogens is 3. The number of methoxy groups -OCH3 is 2. The molecular weight excluding hydrogens is 467 g/mol. The van der Waals surface area contributed by atoms with Gasteiger partial charge in [-0.25, -0.2) is 24.1 Å². The SMILES string of the molecule is COC(=O)Nc1cc(-c2nccc(-c3cc(NCCC(C)(C)OC)c(F)cc3C)n2)ccn1.NC=O. The highest BCUT2D eigenvalue weighted by atomic mass is 19.1. The van der Waals surface area contributed by atoms with Crippen LogP contribution in [0.15, 0.2) is 42.7 Å². The third-order valence-corrected chi connectivity index (χ3v) is 5.27. The summed E-state index contributed by atoms with van der Waals surface area (Å²) >= 11 is 0. The highest BCUT2D eigenvalue weighted by molar-refractivity contribution is 5.84. The molecule has 0 aliphatic rings. The van der Waals surface area contributed by atoms with E-state index in [-0.39, 0.29) is 17.8 Å². The number of amides is 2. The molecule has 0 saturated carbocycles. The van der Waals surface area contributed by atoms with E-state index in [4.69, 9.17) is 9.53 Å². The molecule has 0 fully saturated rings. The number of carbonyl (C=O) groups is 2. The maximum atomic E-state index is 14.6. The molecule has 4 N–H and O–H groups in total. The summed E-state index contributed by atoms with van der Waals surface area (Å²) in [5.74, 6) is 0.438. The Morgan fingerprint density at radius 3 is 2.53 bits per heavy atom. The summed E-state index contributed by atoms with van der Waals surface area (Å²) < 4.78 is 24.6. The van der Waals surface area contributed by atoms with Crippen molar-refractivity contribution in [1.82, 2.24) is 15.0 Å². The average molecular weight is 499 g/mol. The van der Waals surface area contributed by atoms with Crippen LogP contribution in [0.4, 0.5) is 20.7 Å². The lowest BCUT2D eigenvalue weighted by Crippen LogP contribution is -2.25. The zero-order valence-corrected chi connectivity index (χ0v) is 21.0. The number of rotatable bonds is 8. The van der Waals surface area contributed by atoms with Crippen molar-refractivity contribution in [3.63, 3.8) is 0 Å². The number of aryl methyl sites for hydroxylation is 1. The largest absolute Gasteiger partial charge is 0.453 e. The summed E-state index contributed by atoms with van der Waals surface area (Å²) in [6.07, 6.45) is 3.53. The number of halogens is 1. The number of pyridine rings is 1. The van der Waals surface area contributed by atoms with E-state index in [1.165, 1.54) is 13.2 Å². The lowest BCUT2D eigenvalue weighted by molar-refractivity contribution is -0.106. The van der Waals surface area contributed by atoms with Crippen LogP contribution in [0.1, 0.15) is 25.8 Å². The third kappa shape index (κ3) is 7.98. The first-order valence-electron chi connectivity index (χ1n) is 11.0. The molecule has 2 heterocycles. The van der Waals surface area contributed by atoms with Crippen LogP contribution in [-0.2, 0) is 14.3 Å². The average Bonchev–Trinajstić information content (AvgIpc) is 2.86. The number of anilines is 2. The molecule has 0 radical (unpaired) electrons. The van der Waals surface area contributed by atoms with Gasteiger partial charge in [0.25, 0.3) is 0 Å². The van der Waals surface area contributed by atoms with Gasteiger partial charge in [0.1, 0.15) is 11.6 Å². The van der Waals surface area contributed by atoms with Crippen LogP contribution in [0.2, 0.25) is 0 Å². The number of carbonyl (C=O) groups excluding carboxylic acids is 2. The Morgan fingerprint density at radius 2 is 1.86 bits per heavy atom. The Hall–Kier alpha value is -4.12. The summed E-state index contributed by atoms with van der Waals surface area (Å²) in [5, 5.41) is 5.68. The topological polar surface area (TPSA) is 141 Å². The van der Waals surface area contributed by atoms with Gasteiger partial charge in [0.15, 0.2) is 5.82 Å². The highest BCUT2D eigenvalue weighted by Gasteiger charge is 2.17. The number of hydrogen-bond donors (Lipinski definition) is 3. The first-order chi connectivity index (χ1) is 17.1. The predicted octanol–water partition coefficient (Wildman–Crippen LogP) is 4.16. The zero-order chi connectivity index (χ0) is 26.7. The second-order valence-electron chi connectivity index (χ2n) is 8.24. The van der Waals surface area contributed by atoms with Crippen molar-refractivity contribution in [2.45, 2.75) is 32.8 Å². The first-order valence-corrected chi connectivity index (χ1v) is 11.0. The zero-order valence-electron chi connectivity index (χ0n) is 21.0. The van der Waals surface area contributed by atoms with Gasteiger partial charge in [-0.05, 0) is 63.1 Å². The number of ether oxygens (including phenoxy) is 2. The molecule has 0 unspecified atom stereocenters. The summed E-state index contributed by atoms with van der Waals surface area (Å²) in [5.41, 5.74) is 7.12. The molecule has 11 heteroatoms. The molecule has 10 nitrogen and oxygen atoms in total. The van der Waals surface area contributed by atoms with Crippen molar-refractivity contribution in [1.29, 1.82) is 0 Å². The molecule has 0 saturated heterocycles. The molecule has 36 heavy (non-hydrogen) atoms. The Balaban J connectivity index is 0.00000145. The molecule has 3 rings (SSSR count). The van der Waals surface area contributed by atoms with Gasteiger partial charge in [0.2, 0.25) is 6.41 Å². The minimum Gasteiger partial charge on any atom is -0.453 e. The maximum absolute atomic E-state index is 14.6. The van der Waals surface area contributed by atoms with Crippen LogP contribution < -0.4 is 16.4 Å². The van der Waals surface area contributed by atoms with Crippen LogP contribution in [0.3, 0.4) is 0 Å². The Kier molecular flexibility index (Phi) is 10.2. The Morgan fingerprint density at radius 1 is 1.17 bits per heavy atom. The van der Waals surface area contributed by atoms with E-state index in [0.717, 1.165) is 11.1 Å². The number of nitrogens with two attached hydrogens (primary N) is 1. The Bertz CT molecular complexity index is 1190.